The minimum absolute atomic E-state index is 0.140. The van der Waals surface area contributed by atoms with Gasteiger partial charge in [-0.15, -0.1) is 4.40 Å². The van der Waals surface area contributed by atoms with E-state index in [0.29, 0.717) is 10.9 Å². The number of nitrogens with zero attached hydrogens (tertiary/aromatic N) is 2. The van der Waals surface area contributed by atoms with Crippen LogP contribution >= 0.6 is 11.6 Å². The van der Waals surface area contributed by atoms with E-state index < -0.39 is 10.0 Å². The quantitative estimate of drug-likeness (QED) is 0.351. The third-order valence-corrected chi connectivity index (χ3v) is 6.49. The molecular formula is C23H31ClN2O2S. The molecule has 0 aliphatic rings. The lowest BCUT2D eigenvalue weighted by Gasteiger charge is -2.37. The molecule has 0 aliphatic heterocycles. The number of hydrogen-bond donors (Lipinski definition) is 0. The largest absolute Gasteiger partial charge is 0.350 e. The van der Waals surface area contributed by atoms with Gasteiger partial charge in [-0.05, 0) is 51.0 Å². The van der Waals surface area contributed by atoms with Crippen molar-refractivity contribution in [3.05, 3.63) is 65.2 Å². The monoisotopic (exact) mass is 434 g/mol. The highest BCUT2D eigenvalue weighted by molar-refractivity contribution is 7.90. The van der Waals surface area contributed by atoms with E-state index in [2.05, 4.69) is 37.0 Å². The van der Waals surface area contributed by atoms with Crippen molar-refractivity contribution >= 4 is 27.5 Å². The number of amidine groups is 1. The summed E-state index contributed by atoms with van der Waals surface area (Å²) in [5.41, 5.74) is 0.802. The van der Waals surface area contributed by atoms with Gasteiger partial charge in [-0.3, -0.25) is 0 Å². The van der Waals surface area contributed by atoms with E-state index in [4.69, 9.17) is 11.6 Å². The fraction of sp³-hybridized carbons (Fsp3) is 0.435. The summed E-state index contributed by atoms with van der Waals surface area (Å²) in [6.45, 7) is 8.57. The molecule has 2 atom stereocenters. The zero-order valence-corrected chi connectivity index (χ0v) is 19.2. The minimum atomic E-state index is -3.88. The summed E-state index contributed by atoms with van der Waals surface area (Å²) in [7, 11) is -3.88. The zero-order chi connectivity index (χ0) is 21.4. The molecule has 0 radical (unpaired) electrons. The van der Waals surface area contributed by atoms with Crippen molar-refractivity contribution in [3.8, 4) is 0 Å². The van der Waals surface area contributed by atoms with Crippen LogP contribution in [0.3, 0.4) is 0 Å². The van der Waals surface area contributed by atoms with Crippen LogP contribution < -0.4 is 0 Å². The predicted octanol–water partition coefficient (Wildman–Crippen LogP) is 6.15. The molecule has 0 spiro atoms. The van der Waals surface area contributed by atoms with Crippen LogP contribution in [0.4, 0.5) is 0 Å². The molecule has 2 aromatic rings. The standard InChI is InChI=1S/C23H31ClN2O2S/c1-5-10-18(3)26(19(4)11-6-2)23(20-12-8-7-9-13-20)25-29(27,28)22-16-14-21(24)15-17-22/h7-9,12-19H,5-6,10-11H2,1-4H3/b25-23+. The van der Waals surface area contributed by atoms with Crippen LogP contribution in [-0.2, 0) is 10.0 Å². The first kappa shape index (κ1) is 23.4. The van der Waals surface area contributed by atoms with Crippen LogP contribution in [0, 0.1) is 0 Å². The summed E-state index contributed by atoms with van der Waals surface area (Å²) < 4.78 is 30.6. The van der Waals surface area contributed by atoms with E-state index >= 15 is 0 Å². The Morgan fingerprint density at radius 1 is 0.931 bits per heavy atom. The van der Waals surface area contributed by atoms with Crippen LogP contribution in [0.25, 0.3) is 0 Å². The summed E-state index contributed by atoms with van der Waals surface area (Å²) in [5, 5.41) is 0.492. The molecule has 0 bridgehead atoms. The molecule has 0 saturated heterocycles. The Hall–Kier alpha value is -1.85. The van der Waals surface area contributed by atoms with Gasteiger partial charge < -0.3 is 4.90 Å². The van der Waals surface area contributed by atoms with Gasteiger partial charge in [-0.25, -0.2) is 0 Å². The Labute approximate surface area is 180 Å². The highest BCUT2D eigenvalue weighted by Gasteiger charge is 2.27. The summed E-state index contributed by atoms with van der Waals surface area (Å²) in [5.74, 6) is 0.502. The first-order valence-corrected chi connectivity index (χ1v) is 12.1. The fourth-order valence-corrected chi connectivity index (χ4v) is 4.71. The molecule has 0 fully saturated rings. The molecule has 0 heterocycles. The van der Waals surface area contributed by atoms with Crippen molar-refractivity contribution in [1.82, 2.24) is 4.90 Å². The Balaban J connectivity index is 2.63. The van der Waals surface area contributed by atoms with E-state index in [0.717, 1.165) is 31.2 Å². The van der Waals surface area contributed by atoms with Crippen molar-refractivity contribution < 1.29 is 8.42 Å². The van der Waals surface area contributed by atoms with Crippen LogP contribution in [0.2, 0.25) is 5.02 Å². The third kappa shape index (κ3) is 6.31. The van der Waals surface area contributed by atoms with Gasteiger partial charge in [0.05, 0.1) is 4.90 Å². The van der Waals surface area contributed by atoms with Crippen molar-refractivity contribution in [1.29, 1.82) is 0 Å². The second kappa shape index (κ2) is 10.8. The van der Waals surface area contributed by atoms with E-state index in [1.807, 2.05) is 30.3 Å². The average Bonchev–Trinajstić information content (AvgIpc) is 2.69. The van der Waals surface area contributed by atoms with Gasteiger partial charge >= 0.3 is 0 Å². The fourth-order valence-electron chi connectivity index (χ4n) is 3.57. The topological polar surface area (TPSA) is 49.7 Å². The van der Waals surface area contributed by atoms with Gasteiger partial charge in [0, 0.05) is 22.7 Å². The SMILES string of the molecule is CCCC(C)N(/C(=N/S(=O)(=O)c1ccc(Cl)cc1)c1ccccc1)C(C)CCC. The second-order valence-corrected chi connectivity index (χ2v) is 9.43. The van der Waals surface area contributed by atoms with E-state index in [9.17, 15) is 8.42 Å². The lowest BCUT2D eigenvalue weighted by atomic mass is 10.0. The lowest BCUT2D eigenvalue weighted by molar-refractivity contribution is 0.239. The highest BCUT2D eigenvalue weighted by Crippen LogP contribution is 2.23. The lowest BCUT2D eigenvalue weighted by Crippen LogP contribution is -2.45. The van der Waals surface area contributed by atoms with Crippen LogP contribution in [0.15, 0.2) is 63.9 Å². The maximum Gasteiger partial charge on any atom is 0.284 e. The second-order valence-electron chi connectivity index (χ2n) is 7.39. The van der Waals surface area contributed by atoms with Crippen molar-refractivity contribution in [2.24, 2.45) is 4.40 Å². The molecule has 2 aromatic carbocycles. The Morgan fingerprint density at radius 2 is 1.45 bits per heavy atom. The summed E-state index contributed by atoms with van der Waals surface area (Å²) >= 11 is 5.93. The van der Waals surface area contributed by atoms with Crippen molar-refractivity contribution in [2.75, 3.05) is 0 Å². The molecule has 2 rings (SSSR count). The van der Waals surface area contributed by atoms with Crippen LogP contribution in [-0.4, -0.2) is 31.2 Å². The molecule has 0 saturated carbocycles. The average molecular weight is 435 g/mol. The van der Waals surface area contributed by atoms with Crippen LogP contribution in [0.1, 0.15) is 58.9 Å². The van der Waals surface area contributed by atoms with Crippen molar-refractivity contribution in [3.63, 3.8) is 0 Å². The molecule has 0 aromatic heterocycles. The van der Waals surface area contributed by atoms with E-state index in [-0.39, 0.29) is 17.0 Å². The minimum Gasteiger partial charge on any atom is -0.350 e. The highest BCUT2D eigenvalue weighted by atomic mass is 35.5. The third-order valence-electron chi connectivity index (χ3n) is 4.96. The normalized spacial score (nSPS) is 14.4. The molecule has 4 nitrogen and oxygen atoms in total. The maximum absolute atomic E-state index is 13.1. The number of rotatable bonds is 9. The summed E-state index contributed by atoms with van der Waals surface area (Å²) in [6.07, 6.45) is 3.95. The summed E-state index contributed by atoms with van der Waals surface area (Å²) in [4.78, 5) is 2.32. The molecule has 29 heavy (non-hydrogen) atoms. The first-order valence-electron chi connectivity index (χ1n) is 10.2. The Kier molecular flexibility index (Phi) is 8.72. The smallest absolute Gasteiger partial charge is 0.284 e. The number of benzene rings is 2. The van der Waals surface area contributed by atoms with Crippen LogP contribution in [0.5, 0.6) is 0 Å². The van der Waals surface area contributed by atoms with Gasteiger partial charge in [-0.2, -0.15) is 8.42 Å². The maximum atomic E-state index is 13.1. The van der Waals surface area contributed by atoms with E-state index in [1.165, 1.54) is 12.1 Å². The molecule has 6 heteroatoms. The van der Waals surface area contributed by atoms with Gasteiger partial charge in [0.1, 0.15) is 5.84 Å². The number of halogens is 1. The van der Waals surface area contributed by atoms with Crippen molar-refractivity contribution in [2.45, 2.75) is 70.4 Å². The number of hydrogen-bond acceptors (Lipinski definition) is 2. The zero-order valence-electron chi connectivity index (χ0n) is 17.7. The molecule has 2 unspecified atom stereocenters. The molecular weight excluding hydrogens is 404 g/mol. The van der Waals surface area contributed by atoms with Gasteiger partial charge in [-0.1, -0.05) is 68.6 Å². The van der Waals surface area contributed by atoms with Gasteiger partial charge in [0.25, 0.3) is 10.0 Å². The summed E-state index contributed by atoms with van der Waals surface area (Å²) in [6, 6.07) is 16.1. The Bertz CT molecular complexity index is 884. The molecule has 0 N–H and O–H groups in total. The van der Waals surface area contributed by atoms with Gasteiger partial charge in [0.15, 0.2) is 0 Å². The molecule has 158 valence electrons. The number of sulfonamides is 1. The molecule has 0 amide bonds. The Morgan fingerprint density at radius 3 is 1.93 bits per heavy atom. The predicted molar refractivity (Wildman–Crippen MR) is 122 cm³/mol. The van der Waals surface area contributed by atoms with E-state index in [1.54, 1.807) is 12.1 Å². The molecule has 0 aliphatic carbocycles. The van der Waals surface area contributed by atoms with Gasteiger partial charge in [0.2, 0.25) is 0 Å². The first-order chi connectivity index (χ1) is 13.8.